The topological polar surface area (TPSA) is 41.5 Å². The maximum absolute atomic E-state index is 13.3. The first-order chi connectivity index (χ1) is 16.0. The molecule has 0 heterocycles. The third kappa shape index (κ3) is 3.84. The Morgan fingerprint density at radius 3 is 2.12 bits per heavy atom. The summed E-state index contributed by atoms with van der Waals surface area (Å²) < 4.78 is 0. The molecule has 0 bridgehead atoms. The normalized spacial score (nSPS) is 17.1. The molecule has 164 valence electrons. The zero-order valence-electron chi connectivity index (χ0n) is 19.3. The number of carbonyl (C=O) groups is 1. The average Bonchev–Trinajstić information content (AvgIpc) is 3.59. The van der Waals surface area contributed by atoms with Gasteiger partial charge in [0, 0.05) is 11.0 Å². The molecule has 0 spiro atoms. The Bertz CT molecular complexity index is 1330. The number of amides is 1. The minimum absolute atomic E-state index is 0.0300. The van der Waals surface area contributed by atoms with Crippen LogP contribution in [0.25, 0.3) is 10.8 Å². The fraction of sp³-hybridized carbons (Fsp3) is 0.200. The molecule has 1 aliphatic rings. The van der Waals surface area contributed by atoms with Crippen LogP contribution in [0.2, 0.25) is 0 Å². The second-order valence-corrected chi connectivity index (χ2v) is 9.17. The second-order valence-electron chi connectivity index (χ2n) is 9.17. The lowest BCUT2D eigenvalue weighted by atomic mass is 9.84. The molecule has 1 unspecified atom stereocenters. The van der Waals surface area contributed by atoms with Crippen molar-refractivity contribution in [1.29, 1.82) is 0 Å². The van der Waals surface area contributed by atoms with E-state index in [4.69, 9.17) is 0 Å². The monoisotopic (exact) mass is 432 g/mol. The van der Waals surface area contributed by atoms with E-state index in [0.717, 1.165) is 28.5 Å². The van der Waals surface area contributed by atoms with Crippen LogP contribution in [-0.2, 0) is 10.2 Å². The lowest BCUT2D eigenvalue weighted by molar-refractivity contribution is -0.122. The van der Waals surface area contributed by atoms with Gasteiger partial charge in [-0.15, -0.1) is 0 Å². The van der Waals surface area contributed by atoms with Crippen molar-refractivity contribution in [2.75, 3.05) is 0 Å². The molecule has 4 aromatic carbocycles. The third-order valence-electron chi connectivity index (χ3n) is 6.86. The van der Waals surface area contributed by atoms with Crippen LogP contribution in [0.15, 0.2) is 96.1 Å². The van der Waals surface area contributed by atoms with E-state index in [1.165, 1.54) is 22.3 Å². The summed E-state index contributed by atoms with van der Waals surface area (Å²) in [7, 11) is 0. The van der Waals surface area contributed by atoms with Gasteiger partial charge in [-0.3, -0.25) is 4.79 Å². The number of rotatable bonds is 5. The molecule has 4 aromatic rings. The second kappa shape index (κ2) is 8.32. The number of hydrogen-bond acceptors (Lipinski definition) is 2. The molecule has 1 aliphatic carbocycles. The standard InChI is InChI=1S/C30H28N2O/c1-20-9-6-13-24(17-20)30(25-14-7-10-21(2)18-25)19-28(30)29(33)32-31-22(3)26-16-8-12-23-11-4-5-15-27(23)26/h4-18,28H,19H2,1-3H3,(H,32,33). The lowest BCUT2D eigenvalue weighted by Crippen LogP contribution is -2.26. The third-order valence-corrected chi connectivity index (χ3v) is 6.86. The summed E-state index contributed by atoms with van der Waals surface area (Å²) in [6.45, 7) is 6.15. The van der Waals surface area contributed by atoms with Crippen molar-refractivity contribution in [2.24, 2.45) is 11.0 Å². The highest BCUT2D eigenvalue weighted by molar-refractivity contribution is 6.10. The first-order valence-corrected chi connectivity index (χ1v) is 11.5. The average molecular weight is 433 g/mol. The first kappa shape index (κ1) is 21.1. The number of hydrazone groups is 1. The Morgan fingerprint density at radius 1 is 0.848 bits per heavy atom. The van der Waals surface area contributed by atoms with Gasteiger partial charge in [-0.2, -0.15) is 5.10 Å². The molecule has 1 amide bonds. The Hall–Kier alpha value is -3.72. The zero-order valence-corrected chi connectivity index (χ0v) is 19.3. The molecular formula is C30H28N2O. The van der Waals surface area contributed by atoms with Gasteiger partial charge >= 0.3 is 0 Å². The highest BCUT2D eigenvalue weighted by Crippen LogP contribution is 2.59. The van der Waals surface area contributed by atoms with Crippen LogP contribution in [0, 0.1) is 19.8 Å². The summed E-state index contributed by atoms with van der Waals surface area (Å²) in [5.74, 6) is -0.178. The van der Waals surface area contributed by atoms with E-state index >= 15 is 0 Å². The van der Waals surface area contributed by atoms with Crippen LogP contribution in [0.1, 0.15) is 41.2 Å². The van der Waals surface area contributed by atoms with Crippen LogP contribution in [0.5, 0.6) is 0 Å². The SMILES string of the molecule is CC(=NNC(=O)C1CC1(c1cccc(C)c1)c1cccc(C)c1)c1cccc2ccccc12. The van der Waals surface area contributed by atoms with Gasteiger partial charge in [-0.05, 0) is 49.1 Å². The summed E-state index contributed by atoms with van der Waals surface area (Å²) in [4.78, 5) is 13.3. The highest BCUT2D eigenvalue weighted by Gasteiger charge is 2.60. The molecule has 1 saturated carbocycles. The number of nitrogens with zero attached hydrogens (tertiary/aromatic N) is 1. The van der Waals surface area contributed by atoms with Crippen molar-refractivity contribution >= 4 is 22.4 Å². The van der Waals surface area contributed by atoms with E-state index < -0.39 is 0 Å². The number of fused-ring (bicyclic) bond motifs is 1. The maximum atomic E-state index is 13.3. The van der Waals surface area contributed by atoms with Crippen LogP contribution < -0.4 is 5.43 Å². The zero-order chi connectivity index (χ0) is 23.0. The minimum atomic E-state index is -0.301. The summed E-state index contributed by atoms with van der Waals surface area (Å²) >= 11 is 0. The molecule has 3 heteroatoms. The Morgan fingerprint density at radius 2 is 1.45 bits per heavy atom. The molecule has 5 rings (SSSR count). The number of nitrogens with one attached hydrogen (secondary N) is 1. The first-order valence-electron chi connectivity index (χ1n) is 11.5. The molecule has 1 N–H and O–H groups in total. The van der Waals surface area contributed by atoms with Gasteiger partial charge < -0.3 is 0 Å². The maximum Gasteiger partial charge on any atom is 0.244 e. The molecule has 0 aromatic heterocycles. The van der Waals surface area contributed by atoms with Gasteiger partial charge in [0.1, 0.15) is 0 Å². The molecule has 1 fully saturated rings. The molecular weight excluding hydrogens is 404 g/mol. The number of benzene rings is 4. The lowest BCUT2D eigenvalue weighted by Gasteiger charge is -2.20. The summed E-state index contributed by atoms with van der Waals surface area (Å²) in [5, 5.41) is 6.81. The van der Waals surface area contributed by atoms with Crippen molar-refractivity contribution in [1.82, 2.24) is 5.43 Å². The van der Waals surface area contributed by atoms with E-state index in [1.807, 2.05) is 31.2 Å². The quantitative estimate of drug-likeness (QED) is 0.292. The number of aryl methyl sites for hydroxylation is 2. The number of hydrogen-bond donors (Lipinski definition) is 1. The van der Waals surface area contributed by atoms with Crippen molar-refractivity contribution in [2.45, 2.75) is 32.6 Å². The van der Waals surface area contributed by atoms with E-state index in [9.17, 15) is 4.79 Å². The number of carbonyl (C=O) groups excluding carboxylic acids is 1. The van der Waals surface area contributed by atoms with Gasteiger partial charge in [0.25, 0.3) is 0 Å². The molecule has 0 radical (unpaired) electrons. The predicted molar refractivity (Wildman–Crippen MR) is 136 cm³/mol. The Kier molecular flexibility index (Phi) is 5.33. The van der Waals surface area contributed by atoms with Gasteiger partial charge in [-0.25, -0.2) is 5.43 Å². The van der Waals surface area contributed by atoms with E-state index in [2.05, 4.69) is 91.1 Å². The summed E-state index contributed by atoms with van der Waals surface area (Å²) in [5.41, 5.74) is 9.22. The molecule has 0 saturated heterocycles. The summed E-state index contributed by atoms with van der Waals surface area (Å²) in [6, 6.07) is 31.5. The van der Waals surface area contributed by atoms with Crippen molar-refractivity contribution in [3.05, 3.63) is 119 Å². The van der Waals surface area contributed by atoms with Crippen molar-refractivity contribution in [3.8, 4) is 0 Å². The fourth-order valence-electron chi connectivity index (χ4n) is 5.05. The van der Waals surface area contributed by atoms with Crippen LogP contribution in [0.4, 0.5) is 0 Å². The highest BCUT2D eigenvalue weighted by atomic mass is 16.2. The van der Waals surface area contributed by atoms with E-state index in [1.54, 1.807) is 0 Å². The van der Waals surface area contributed by atoms with Crippen LogP contribution >= 0.6 is 0 Å². The molecule has 33 heavy (non-hydrogen) atoms. The Balaban J connectivity index is 1.44. The van der Waals surface area contributed by atoms with Crippen molar-refractivity contribution < 1.29 is 4.79 Å². The van der Waals surface area contributed by atoms with Crippen molar-refractivity contribution in [3.63, 3.8) is 0 Å². The minimum Gasteiger partial charge on any atom is -0.273 e. The molecule has 1 atom stereocenters. The Labute approximate surface area is 195 Å². The van der Waals surface area contributed by atoms with Gasteiger partial charge in [0.2, 0.25) is 5.91 Å². The smallest absolute Gasteiger partial charge is 0.244 e. The molecule has 3 nitrogen and oxygen atoms in total. The summed E-state index contributed by atoms with van der Waals surface area (Å²) in [6.07, 6.45) is 0.786. The largest absolute Gasteiger partial charge is 0.273 e. The van der Waals surface area contributed by atoms with Gasteiger partial charge in [0.05, 0.1) is 11.6 Å². The molecule has 0 aliphatic heterocycles. The van der Waals surface area contributed by atoms with Crippen LogP contribution in [0.3, 0.4) is 0 Å². The van der Waals surface area contributed by atoms with Gasteiger partial charge in [-0.1, -0.05) is 102 Å². The van der Waals surface area contributed by atoms with Gasteiger partial charge in [0.15, 0.2) is 0 Å². The fourth-order valence-corrected chi connectivity index (χ4v) is 5.05. The van der Waals surface area contributed by atoms with Crippen LogP contribution in [-0.4, -0.2) is 11.6 Å². The van der Waals surface area contributed by atoms with E-state index in [0.29, 0.717) is 0 Å². The predicted octanol–water partition coefficient (Wildman–Crippen LogP) is 6.30. The van der Waals surface area contributed by atoms with E-state index in [-0.39, 0.29) is 17.2 Å².